The first-order valence-corrected chi connectivity index (χ1v) is 7.29. The van der Waals surface area contributed by atoms with Crippen molar-refractivity contribution >= 4 is 39.4 Å². The second kappa shape index (κ2) is 5.02. The molecule has 1 saturated heterocycles. The zero-order valence-electron chi connectivity index (χ0n) is 9.92. The number of anilines is 1. The summed E-state index contributed by atoms with van der Waals surface area (Å²) in [5, 5.41) is 7.75. The van der Waals surface area contributed by atoms with Crippen LogP contribution >= 0.6 is 11.6 Å². The Morgan fingerprint density at radius 1 is 1.45 bits per heavy atom. The molecular formula is C11H9ClFNO5S. The average molecular weight is 322 g/mol. The molecule has 1 N–H and O–H groups in total. The number of carbonyl (C=O) groups is 2. The monoisotopic (exact) mass is 321 g/mol. The summed E-state index contributed by atoms with van der Waals surface area (Å²) in [6.07, 6.45) is -0.523. The number of carbonyl (C=O) groups excluding carboxylic acids is 1. The van der Waals surface area contributed by atoms with Gasteiger partial charge in [-0.05, 0) is 18.2 Å². The van der Waals surface area contributed by atoms with Gasteiger partial charge in [0.15, 0.2) is 0 Å². The Labute approximate surface area is 119 Å². The predicted molar refractivity (Wildman–Crippen MR) is 69.2 cm³/mol. The van der Waals surface area contributed by atoms with E-state index in [-0.39, 0.29) is 16.3 Å². The van der Waals surface area contributed by atoms with Gasteiger partial charge in [-0.2, -0.15) is 8.42 Å². The topological polar surface area (TPSA) is 91.8 Å². The number of aromatic carboxylic acids is 1. The Morgan fingerprint density at radius 2 is 2.10 bits per heavy atom. The molecule has 0 radical (unpaired) electrons. The van der Waals surface area contributed by atoms with Gasteiger partial charge in [0.1, 0.15) is 5.25 Å². The second-order valence-corrected chi connectivity index (χ2v) is 6.33. The van der Waals surface area contributed by atoms with Crippen molar-refractivity contribution in [2.45, 2.75) is 11.7 Å². The molecule has 6 nitrogen and oxygen atoms in total. The Bertz CT molecular complexity index is 690. The number of rotatable bonds is 3. The molecule has 0 aliphatic carbocycles. The van der Waals surface area contributed by atoms with Gasteiger partial charge in [-0.25, -0.2) is 4.79 Å². The van der Waals surface area contributed by atoms with Crippen LogP contribution < -0.4 is 4.90 Å². The normalized spacial score (nSPS) is 19.4. The standard InChI is InChI=1S/C11H9ClFNO5S/c12-6-1-2-8(11(16)17)9(3-6)14-5-7(4-10(14)15)20(13,18)19/h1-3,7H,4-5H2,(H,16,17). The zero-order valence-corrected chi connectivity index (χ0v) is 11.5. The Hall–Kier alpha value is -1.67. The van der Waals surface area contributed by atoms with E-state index in [2.05, 4.69) is 0 Å². The van der Waals surface area contributed by atoms with Crippen molar-refractivity contribution in [3.8, 4) is 0 Å². The number of hydrogen-bond acceptors (Lipinski definition) is 4. The number of benzene rings is 1. The lowest BCUT2D eigenvalue weighted by Gasteiger charge is -2.18. The van der Waals surface area contributed by atoms with Crippen LogP contribution in [0.3, 0.4) is 0 Å². The summed E-state index contributed by atoms with van der Waals surface area (Å²) in [5.74, 6) is -1.96. The van der Waals surface area contributed by atoms with Crippen molar-refractivity contribution in [1.29, 1.82) is 0 Å². The minimum absolute atomic E-state index is 0.0406. The van der Waals surface area contributed by atoms with Crippen LogP contribution in [0.15, 0.2) is 18.2 Å². The van der Waals surface area contributed by atoms with Crippen LogP contribution in [0.2, 0.25) is 5.02 Å². The Morgan fingerprint density at radius 3 is 2.60 bits per heavy atom. The summed E-state index contributed by atoms with van der Waals surface area (Å²) in [5.41, 5.74) is -0.249. The highest BCUT2D eigenvalue weighted by Crippen LogP contribution is 2.30. The molecular weight excluding hydrogens is 313 g/mol. The number of carboxylic acids is 1. The fraction of sp³-hybridized carbons (Fsp3) is 0.273. The Balaban J connectivity index is 2.45. The molecule has 1 amide bonds. The van der Waals surface area contributed by atoms with Gasteiger partial charge in [-0.15, -0.1) is 3.89 Å². The lowest BCUT2D eigenvalue weighted by Crippen LogP contribution is -2.28. The van der Waals surface area contributed by atoms with E-state index in [1.807, 2.05) is 0 Å². The molecule has 0 saturated carbocycles. The molecule has 1 heterocycles. The molecule has 0 bridgehead atoms. The minimum Gasteiger partial charge on any atom is -0.478 e. The lowest BCUT2D eigenvalue weighted by atomic mass is 10.1. The van der Waals surface area contributed by atoms with Crippen molar-refractivity contribution in [3.63, 3.8) is 0 Å². The zero-order chi connectivity index (χ0) is 15.1. The highest BCUT2D eigenvalue weighted by atomic mass is 35.5. The summed E-state index contributed by atoms with van der Waals surface area (Å²) in [7, 11) is -4.86. The summed E-state index contributed by atoms with van der Waals surface area (Å²) < 4.78 is 34.7. The third kappa shape index (κ3) is 2.75. The molecule has 1 fully saturated rings. The third-order valence-electron chi connectivity index (χ3n) is 2.97. The lowest BCUT2D eigenvalue weighted by molar-refractivity contribution is -0.117. The molecule has 1 atom stereocenters. The summed E-state index contributed by atoms with van der Waals surface area (Å²) >= 11 is 5.75. The van der Waals surface area contributed by atoms with Crippen LogP contribution in [-0.4, -0.2) is 37.2 Å². The minimum atomic E-state index is -4.86. The van der Waals surface area contributed by atoms with Gasteiger partial charge < -0.3 is 10.0 Å². The first-order chi connectivity index (χ1) is 9.20. The molecule has 0 spiro atoms. The highest BCUT2D eigenvalue weighted by Gasteiger charge is 2.40. The van der Waals surface area contributed by atoms with Crippen LogP contribution in [0.1, 0.15) is 16.8 Å². The van der Waals surface area contributed by atoms with Crippen molar-refractivity contribution in [3.05, 3.63) is 28.8 Å². The van der Waals surface area contributed by atoms with Crippen LogP contribution in [-0.2, 0) is 15.0 Å². The van der Waals surface area contributed by atoms with E-state index in [1.165, 1.54) is 18.2 Å². The maximum Gasteiger partial charge on any atom is 0.337 e. The van der Waals surface area contributed by atoms with E-state index in [9.17, 15) is 21.9 Å². The van der Waals surface area contributed by atoms with Gasteiger partial charge in [0.2, 0.25) is 5.91 Å². The van der Waals surface area contributed by atoms with E-state index >= 15 is 0 Å². The van der Waals surface area contributed by atoms with Crippen molar-refractivity contribution in [2.24, 2.45) is 0 Å². The smallest absolute Gasteiger partial charge is 0.337 e. The van der Waals surface area contributed by atoms with Crippen molar-refractivity contribution in [2.75, 3.05) is 11.4 Å². The SMILES string of the molecule is O=C(O)c1ccc(Cl)cc1N1CC(S(=O)(=O)F)CC1=O. The second-order valence-electron chi connectivity index (χ2n) is 4.27. The first-order valence-electron chi connectivity index (χ1n) is 5.47. The third-order valence-corrected chi connectivity index (χ3v) is 4.32. The molecule has 2 rings (SSSR count). The summed E-state index contributed by atoms with van der Waals surface area (Å²) in [6, 6.07) is 3.76. The van der Waals surface area contributed by atoms with Gasteiger partial charge in [0.05, 0.1) is 11.3 Å². The predicted octanol–water partition coefficient (Wildman–Crippen LogP) is 1.44. The van der Waals surface area contributed by atoms with Crippen molar-refractivity contribution < 1.29 is 27.0 Å². The maximum absolute atomic E-state index is 12.9. The Kier molecular flexibility index (Phi) is 3.70. The van der Waals surface area contributed by atoms with Crippen LogP contribution in [0.25, 0.3) is 0 Å². The van der Waals surface area contributed by atoms with Crippen LogP contribution in [0.5, 0.6) is 0 Å². The van der Waals surface area contributed by atoms with E-state index in [1.54, 1.807) is 0 Å². The maximum atomic E-state index is 12.9. The first kappa shape index (κ1) is 14.7. The van der Waals surface area contributed by atoms with Crippen molar-refractivity contribution in [1.82, 2.24) is 0 Å². The van der Waals surface area contributed by atoms with Gasteiger partial charge in [0, 0.05) is 18.0 Å². The average Bonchev–Trinajstić information content (AvgIpc) is 2.70. The molecule has 1 aliphatic rings. The highest BCUT2D eigenvalue weighted by molar-refractivity contribution is 7.87. The molecule has 1 aromatic rings. The van der Waals surface area contributed by atoms with Gasteiger partial charge in [-0.3, -0.25) is 4.79 Å². The summed E-state index contributed by atoms with van der Waals surface area (Å²) in [6.45, 7) is -0.432. The molecule has 0 aromatic heterocycles. The van der Waals surface area contributed by atoms with E-state index < -0.39 is 40.3 Å². The van der Waals surface area contributed by atoms with Gasteiger partial charge in [-0.1, -0.05) is 11.6 Å². The van der Waals surface area contributed by atoms with Gasteiger partial charge in [0.25, 0.3) is 0 Å². The number of halogens is 2. The summed E-state index contributed by atoms with van der Waals surface area (Å²) in [4.78, 5) is 23.8. The quantitative estimate of drug-likeness (QED) is 0.851. The fourth-order valence-corrected chi connectivity index (χ4v) is 2.84. The molecule has 1 aliphatic heterocycles. The fourth-order valence-electron chi connectivity index (χ4n) is 2.01. The van der Waals surface area contributed by atoms with E-state index in [4.69, 9.17) is 16.7 Å². The molecule has 20 heavy (non-hydrogen) atoms. The van der Waals surface area contributed by atoms with E-state index in [0.717, 1.165) is 4.90 Å². The number of hydrogen-bond donors (Lipinski definition) is 1. The number of nitrogens with zero attached hydrogens (tertiary/aromatic N) is 1. The van der Waals surface area contributed by atoms with E-state index in [0.29, 0.717) is 0 Å². The van der Waals surface area contributed by atoms with Gasteiger partial charge >= 0.3 is 16.2 Å². The van der Waals surface area contributed by atoms with Crippen LogP contribution in [0.4, 0.5) is 9.57 Å². The molecule has 1 aromatic carbocycles. The molecule has 1 unspecified atom stereocenters. The number of carboxylic acid groups (broad SMARTS) is 1. The van der Waals surface area contributed by atoms with Crippen LogP contribution in [0, 0.1) is 0 Å². The largest absolute Gasteiger partial charge is 0.478 e. The molecule has 108 valence electrons. The molecule has 9 heteroatoms. The number of amides is 1.